The molecule has 164 valence electrons. The van der Waals surface area contributed by atoms with Crippen LogP contribution < -0.4 is 15.5 Å². The number of nitrogens with zero attached hydrogens (tertiary/aromatic N) is 1. The molecule has 2 aliphatic rings. The van der Waals surface area contributed by atoms with Crippen LogP contribution in [0.4, 0.5) is 11.4 Å². The van der Waals surface area contributed by atoms with Gasteiger partial charge in [0.2, 0.25) is 5.91 Å². The Bertz CT molecular complexity index is 948. The zero-order valence-electron chi connectivity index (χ0n) is 18.8. The Morgan fingerprint density at radius 2 is 1.71 bits per heavy atom. The normalized spacial score (nSPS) is 21.3. The third-order valence-corrected chi connectivity index (χ3v) is 6.84. The first kappa shape index (κ1) is 21.4. The van der Waals surface area contributed by atoms with Crippen molar-refractivity contribution >= 4 is 23.2 Å². The molecule has 2 amide bonds. The van der Waals surface area contributed by atoms with Crippen LogP contribution in [0.3, 0.4) is 0 Å². The van der Waals surface area contributed by atoms with Crippen LogP contribution in [0.2, 0.25) is 0 Å². The van der Waals surface area contributed by atoms with E-state index in [-0.39, 0.29) is 23.9 Å². The van der Waals surface area contributed by atoms with Crippen LogP contribution >= 0.6 is 0 Å². The number of hydrogen-bond donors (Lipinski definition) is 2. The molecular weight excluding hydrogens is 386 g/mol. The first-order chi connectivity index (χ1) is 15.0. The highest BCUT2D eigenvalue weighted by Crippen LogP contribution is 2.40. The monoisotopic (exact) mass is 419 g/mol. The van der Waals surface area contributed by atoms with Crippen molar-refractivity contribution in [3.05, 3.63) is 59.2 Å². The molecule has 0 saturated heterocycles. The van der Waals surface area contributed by atoms with Gasteiger partial charge in [-0.05, 0) is 73.6 Å². The van der Waals surface area contributed by atoms with Crippen molar-refractivity contribution in [1.82, 2.24) is 5.32 Å². The van der Waals surface area contributed by atoms with E-state index >= 15 is 0 Å². The lowest BCUT2D eigenvalue weighted by Gasteiger charge is -2.39. The van der Waals surface area contributed by atoms with E-state index in [0.717, 1.165) is 23.4 Å². The average Bonchev–Trinajstić information content (AvgIpc) is 2.79. The highest BCUT2D eigenvalue weighted by atomic mass is 16.2. The van der Waals surface area contributed by atoms with Gasteiger partial charge < -0.3 is 15.5 Å². The molecule has 2 aromatic rings. The molecule has 0 bridgehead atoms. The second-order valence-corrected chi connectivity index (χ2v) is 8.98. The Morgan fingerprint density at radius 3 is 2.35 bits per heavy atom. The number of nitrogens with one attached hydrogen (secondary N) is 2. The van der Waals surface area contributed by atoms with Crippen molar-refractivity contribution in [2.24, 2.45) is 0 Å². The summed E-state index contributed by atoms with van der Waals surface area (Å²) in [6.07, 6.45) is 7.41. The van der Waals surface area contributed by atoms with Gasteiger partial charge in [0.15, 0.2) is 0 Å². The lowest BCUT2D eigenvalue weighted by atomic mass is 9.84. The zero-order chi connectivity index (χ0) is 22.0. The molecule has 1 aliphatic carbocycles. The number of carbonyl (C=O) groups is 2. The van der Waals surface area contributed by atoms with Crippen molar-refractivity contribution in [2.75, 3.05) is 17.3 Å². The average molecular weight is 420 g/mol. The molecule has 5 heteroatoms. The number of hydrogen-bond acceptors (Lipinski definition) is 3. The Morgan fingerprint density at radius 1 is 1.00 bits per heavy atom. The van der Waals surface area contributed by atoms with Crippen LogP contribution in [-0.2, 0) is 4.79 Å². The summed E-state index contributed by atoms with van der Waals surface area (Å²) in [6, 6.07) is 14.6. The predicted octanol–water partition coefficient (Wildman–Crippen LogP) is 5.39. The smallest absolute Gasteiger partial charge is 0.251 e. The van der Waals surface area contributed by atoms with Crippen LogP contribution in [0.15, 0.2) is 42.5 Å². The largest absolute Gasteiger partial charge is 0.378 e. The van der Waals surface area contributed by atoms with E-state index in [1.165, 1.54) is 37.7 Å². The molecule has 1 heterocycles. The van der Waals surface area contributed by atoms with Gasteiger partial charge in [-0.25, -0.2) is 0 Å². The van der Waals surface area contributed by atoms with E-state index in [2.05, 4.69) is 41.8 Å². The van der Waals surface area contributed by atoms with E-state index in [4.69, 9.17) is 0 Å². The van der Waals surface area contributed by atoms with Crippen molar-refractivity contribution in [2.45, 2.75) is 70.4 Å². The molecule has 4 rings (SSSR count). The summed E-state index contributed by atoms with van der Waals surface area (Å²) in [5.74, 6) is 0.598. The first-order valence-corrected chi connectivity index (χ1v) is 11.5. The van der Waals surface area contributed by atoms with Crippen LogP contribution in [0.1, 0.15) is 85.8 Å². The van der Waals surface area contributed by atoms with Gasteiger partial charge in [-0.3, -0.25) is 9.59 Å². The fourth-order valence-electron chi connectivity index (χ4n) is 5.25. The quantitative estimate of drug-likeness (QED) is 0.698. The van der Waals surface area contributed by atoms with Crippen LogP contribution in [0, 0.1) is 0 Å². The fourth-order valence-corrected chi connectivity index (χ4v) is 5.25. The van der Waals surface area contributed by atoms with Crippen LogP contribution in [0.5, 0.6) is 0 Å². The Labute approximate surface area is 185 Å². The highest BCUT2D eigenvalue weighted by molar-refractivity contribution is 5.97. The van der Waals surface area contributed by atoms with E-state index in [9.17, 15) is 9.59 Å². The number of fused-ring (bicyclic) bond motifs is 1. The van der Waals surface area contributed by atoms with E-state index < -0.39 is 0 Å². The predicted molar refractivity (Wildman–Crippen MR) is 126 cm³/mol. The number of carbonyl (C=O) groups excluding carboxylic acids is 2. The standard InChI is InChI=1S/C26H33N3O2/c1-17-15-24(28-22-12-9-20(10-13-22)19-7-5-4-6-8-19)23-16-21(26(31)27-3)11-14-25(23)29(17)18(2)30/h9-14,16-17,19,24,28H,4-8,15H2,1-3H3,(H,27,31). The summed E-state index contributed by atoms with van der Waals surface area (Å²) in [5, 5.41) is 6.36. The maximum Gasteiger partial charge on any atom is 0.251 e. The molecule has 5 nitrogen and oxygen atoms in total. The Balaban J connectivity index is 1.61. The maximum atomic E-state index is 12.3. The molecule has 0 aromatic heterocycles. The van der Waals surface area contributed by atoms with Gasteiger partial charge in [-0.2, -0.15) is 0 Å². The second kappa shape index (κ2) is 9.13. The molecule has 31 heavy (non-hydrogen) atoms. The topological polar surface area (TPSA) is 61.4 Å². The summed E-state index contributed by atoms with van der Waals surface area (Å²) >= 11 is 0. The van der Waals surface area contributed by atoms with Gasteiger partial charge in [-0.15, -0.1) is 0 Å². The minimum Gasteiger partial charge on any atom is -0.378 e. The molecule has 2 N–H and O–H groups in total. The minimum absolute atomic E-state index is 0.0247. The maximum absolute atomic E-state index is 12.3. The Hall–Kier alpha value is -2.82. The molecule has 2 unspecified atom stereocenters. The molecule has 2 aromatic carbocycles. The van der Waals surface area contributed by atoms with Crippen molar-refractivity contribution in [3.63, 3.8) is 0 Å². The van der Waals surface area contributed by atoms with Gasteiger partial charge >= 0.3 is 0 Å². The highest BCUT2D eigenvalue weighted by Gasteiger charge is 2.33. The number of anilines is 2. The van der Waals surface area contributed by atoms with E-state index in [0.29, 0.717) is 11.5 Å². The fraction of sp³-hybridized carbons (Fsp3) is 0.462. The number of amides is 2. The summed E-state index contributed by atoms with van der Waals surface area (Å²) < 4.78 is 0. The van der Waals surface area contributed by atoms with Gasteiger partial charge in [0, 0.05) is 37.0 Å². The lowest BCUT2D eigenvalue weighted by molar-refractivity contribution is -0.117. The van der Waals surface area contributed by atoms with Crippen molar-refractivity contribution in [3.8, 4) is 0 Å². The molecule has 2 atom stereocenters. The SMILES string of the molecule is CNC(=O)c1ccc2c(c1)C(Nc1ccc(C3CCCCC3)cc1)CC(C)N2C(C)=O. The summed E-state index contributed by atoms with van der Waals surface area (Å²) in [4.78, 5) is 26.4. The molecule has 0 spiro atoms. The van der Waals surface area contributed by atoms with Gasteiger partial charge in [0.25, 0.3) is 5.91 Å². The van der Waals surface area contributed by atoms with Crippen molar-refractivity contribution < 1.29 is 9.59 Å². The molecule has 1 saturated carbocycles. The van der Waals surface area contributed by atoms with Crippen molar-refractivity contribution in [1.29, 1.82) is 0 Å². The zero-order valence-corrected chi connectivity index (χ0v) is 18.8. The first-order valence-electron chi connectivity index (χ1n) is 11.5. The second-order valence-electron chi connectivity index (χ2n) is 8.98. The van der Waals surface area contributed by atoms with E-state index in [1.54, 1.807) is 20.0 Å². The van der Waals surface area contributed by atoms with E-state index in [1.807, 2.05) is 17.0 Å². The molecule has 1 fully saturated rings. The molecule has 1 aliphatic heterocycles. The molecule has 0 radical (unpaired) electrons. The third kappa shape index (κ3) is 4.46. The third-order valence-electron chi connectivity index (χ3n) is 6.84. The minimum atomic E-state index is -0.119. The Kier molecular flexibility index (Phi) is 6.30. The number of rotatable bonds is 4. The number of benzene rings is 2. The summed E-state index contributed by atoms with van der Waals surface area (Å²) in [5.41, 5.74) is 5.00. The summed E-state index contributed by atoms with van der Waals surface area (Å²) in [6.45, 7) is 3.68. The summed E-state index contributed by atoms with van der Waals surface area (Å²) in [7, 11) is 1.63. The van der Waals surface area contributed by atoms with Gasteiger partial charge in [-0.1, -0.05) is 31.4 Å². The van der Waals surface area contributed by atoms with Gasteiger partial charge in [0.05, 0.1) is 6.04 Å². The lowest BCUT2D eigenvalue weighted by Crippen LogP contribution is -2.43. The molecular formula is C26H33N3O2. The van der Waals surface area contributed by atoms with Gasteiger partial charge in [0.1, 0.15) is 0 Å². The van der Waals surface area contributed by atoms with Crippen LogP contribution in [-0.4, -0.2) is 24.9 Å². The van der Waals surface area contributed by atoms with Crippen LogP contribution in [0.25, 0.3) is 0 Å².